The molecule has 60 heavy (non-hydrogen) atoms. The minimum atomic E-state index is -3.54. The zero-order valence-electron chi connectivity index (χ0n) is 32.5. The van der Waals surface area contributed by atoms with Gasteiger partial charge in [-0.05, 0) is 99.6 Å². The maximum absolute atomic E-state index is 16.4. The lowest BCUT2D eigenvalue weighted by molar-refractivity contribution is 0.582. The van der Waals surface area contributed by atoms with Crippen LogP contribution < -0.4 is 14.6 Å². The highest BCUT2D eigenvalue weighted by atomic mass is 31.2. The van der Waals surface area contributed by atoms with Crippen LogP contribution in [0.4, 0.5) is 22.7 Å². The van der Waals surface area contributed by atoms with Crippen molar-refractivity contribution in [3.63, 3.8) is 0 Å². The van der Waals surface area contributed by atoms with Crippen molar-refractivity contribution in [3.8, 4) is 27.9 Å². The minimum absolute atomic E-state index is 0.463. The Labute approximate surface area is 348 Å². The molecule has 10 aromatic rings. The van der Waals surface area contributed by atoms with E-state index in [-0.39, 0.29) is 0 Å². The highest BCUT2D eigenvalue weighted by molar-refractivity contribution is 7.76. The Morgan fingerprint density at radius 1 is 0.383 bits per heavy atom. The summed E-state index contributed by atoms with van der Waals surface area (Å²) in [6.45, 7) is 0. The number of para-hydroxylation sites is 3. The number of aromatic nitrogens is 1. The summed E-state index contributed by atoms with van der Waals surface area (Å²) in [7, 11) is -3.54. The van der Waals surface area contributed by atoms with Crippen molar-refractivity contribution in [1.82, 2.24) is 4.57 Å². The molecule has 4 nitrogen and oxygen atoms in total. The smallest absolute Gasteiger partial charge is 0.301 e. The lowest BCUT2D eigenvalue weighted by Crippen LogP contribution is -2.26. The molecule has 0 N–H and O–H groups in total. The van der Waals surface area contributed by atoms with Crippen LogP contribution in [0.3, 0.4) is 0 Å². The minimum Gasteiger partial charge on any atom is -0.309 e. The van der Waals surface area contributed by atoms with Gasteiger partial charge in [-0.1, -0.05) is 158 Å². The molecule has 0 amide bonds. The molecule has 0 saturated carbocycles. The molecule has 3 aliphatic rings. The molecule has 282 valence electrons. The summed E-state index contributed by atoms with van der Waals surface area (Å²) in [5.74, 6) is 0. The largest absolute Gasteiger partial charge is 0.309 e. The molecule has 9 aromatic carbocycles. The molecule has 2 aliphatic carbocycles. The number of rotatable bonds is 4. The van der Waals surface area contributed by atoms with E-state index >= 15 is 4.57 Å². The number of benzene rings is 9. The Morgan fingerprint density at radius 3 is 1.55 bits per heavy atom. The van der Waals surface area contributed by atoms with Gasteiger partial charge in [-0.25, -0.2) is 0 Å². The molecular formula is C55H36N3OP. The molecule has 0 radical (unpaired) electrons. The molecule has 1 aliphatic heterocycles. The topological polar surface area (TPSA) is 28.5 Å². The van der Waals surface area contributed by atoms with Gasteiger partial charge in [-0.15, -0.1) is 0 Å². The fraction of sp³-hybridized carbons (Fsp3) is 0.0182. The van der Waals surface area contributed by atoms with Crippen molar-refractivity contribution in [3.05, 3.63) is 241 Å². The summed E-state index contributed by atoms with van der Waals surface area (Å²) < 4.78 is 23.1. The van der Waals surface area contributed by atoms with Crippen LogP contribution in [0.1, 0.15) is 22.3 Å². The van der Waals surface area contributed by atoms with E-state index in [1.165, 1.54) is 60.8 Å². The molecule has 2 heterocycles. The molecule has 0 saturated heterocycles. The van der Waals surface area contributed by atoms with Crippen LogP contribution in [0.5, 0.6) is 0 Å². The quantitative estimate of drug-likeness (QED) is 0.166. The van der Waals surface area contributed by atoms with Gasteiger partial charge in [0.25, 0.3) is 0 Å². The van der Waals surface area contributed by atoms with Crippen LogP contribution in [0.25, 0.3) is 49.7 Å². The van der Waals surface area contributed by atoms with E-state index in [2.05, 4.69) is 166 Å². The third-order valence-electron chi connectivity index (χ3n) is 13.1. The predicted octanol–water partition coefficient (Wildman–Crippen LogP) is 13.9. The van der Waals surface area contributed by atoms with Gasteiger partial charge in [0.2, 0.25) is 0 Å². The average molecular weight is 786 g/mol. The Hall–Kier alpha value is -7.39. The molecule has 0 fully saturated rings. The summed E-state index contributed by atoms with van der Waals surface area (Å²) in [6, 6.07) is 77.6. The summed E-state index contributed by atoms with van der Waals surface area (Å²) >= 11 is 0. The molecule has 5 heteroatoms. The zero-order chi connectivity index (χ0) is 39.6. The molecule has 1 aromatic heterocycles. The molecule has 1 atom stereocenters. The van der Waals surface area contributed by atoms with Gasteiger partial charge in [0.05, 0.1) is 33.1 Å². The summed E-state index contributed by atoms with van der Waals surface area (Å²) in [5, 5.41) is 3.17. The second-order valence-corrected chi connectivity index (χ2v) is 18.4. The van der Waals surface area contributed by atoms with E-state index in [4.69, 9.17) is 0 Å². The van der Waals surface area contributed by atoms with Crippen molar-refractivity contribution in [1.29, 1.82) is 0 Å². The third kappa shape index (κ3) is 4.18. The maximum Gasteiger partial charge on any atom is 0.301 e. The van der Waals surface area contributed by atoms with Crippen LogP contribution in [0, 0.1) is 0 Å². The van der Waals surface area contributed by atoms with Crippen molar-refractivity contribution >= 4 is 57.3 Å². The Bertz CT molecular complexity index is 3380. The number of nitrogens with zero attached hydrogens (tertiary/aromatic N) is 3. The predicted molar refractivity (Wildman–Crippen MR) is 248 cm³/mol. The highest BCUT2D eigenvalue weighted by Gasteiger charge is 2.53. The Kier molecular flexibility index (Phi) is 6.89. The lowest BCUT2D eigenvalue weighted by Gasteiger charge is -2.33. The van der Waals surface area contributed by atoms with E-state index in [0.717, 1.165) is 39.3 Å². The van der Waals surface area contributed by atoms with Gasteiger partial charge < -0.3 is 4.57 Å². The number of fused-ring (bicyclic) bond motifs is 15. The van der Waals surface area contributed by atoms with E-state index < -0.39 is 12.9 Å². The summed E-state index contributed by atoms with van der Waals surface area (Å²) in [4.78, 5) is 0. The lowest BCUT2D eigenvalue weighted by atomic mass is 9.70. The van der Waals surface area contributed by atoms with E-state index in [9.17, 15) is 0 Å². The number of hydrogen-bond acceptors (Lipinski definition) is 1. The molecular weight excluding hydrogens is 750 g/mol. The fourth-order valence-corrected chi connectivity index (χ4v) is 13.9. The van der Waals surface area contributed by atoms with Crippen molar-refractivity contribution in [2.45, 2.75) is 5.41 Å². The summed E-state index contributed by atoms with van der Waals surface area (Å²) in [5.41, 5.74) is 16.8. The Balaban J connectivity index is 1.14. The number of anilines is 4. The first-order chi connectivity index (χ1) is 29.7. The first-order valence-electron chi connectivity index (χ1n) is 20.6. The fourth-order valence-electron chi connectivity index (χ4n) is 10.9. The molecule has 0 bridgehead atoms. The standard InChI is InChI=1S/C55H36N3OP/c59-60(40-22-8-3-9-23-40)57(37-18-4-1-5-19-37)51-35-32-39(36-52(51)58(60)38-20-6-2-7-21-38)56-50-31-17-13-26-43(50)44-33-34-49-53(54(44)56)45-27-12-16-30-48(45)55(49)46-28-14-10-24-41(46)42-25-11-15-29-47(42)55/h1-36H. The van der Waals surface area contributed by atoms with Gasteiger partial charge in [0.15, 0.2) is 0 Å². The van der Waals surface area contributed by atoms with Crippen LogP contribution >= 0.6 is 7.44 Å². The van der Waals surface area contributed by atoms with Crippen molar-refractivity contribution in [2.75, 3.05) is 9.34 Å². The van der Waals surface area contributed by atoms with Gasteiger partial charge in [-0.2, -0.15) is 0 Å². The SMILES string of the molecule is O=P1(c2ccccc2)N(c2ccccc2)c2ccc(-n3c4ccccc4c4ccc5c(c43)-c3ccccc3C53c4ccccc4-c4ccccc43)cc2N1c1ccccc1. The van der Waals surface area contributed by atoms with Crippen molar-refractivity contribution < 1.29 is 4.57 Å². The monoisotopic (exact) mass is 785 g/mol. The van der Waals surface area contributed by atoms with E-state index in [1.807, 2.05) is 66.7 Å². The zero-order valence-corrected chi connectivity index (χ0v) is 33.4. The van der Waals surface area contributed by atoms with Crippen LogP contribution in [0.2, 0.25) is 0 Å². The van der Waals surface area contributed by atoms with Gasteiger partial charge in [0.1, 0.15) is 0 Å². The first kappa shape index (κ1) is 33.6. The highest BCUT2D eigenvalue weighted by Crippen LogP contribution is 2.70. The van der Waals surface area contributed by atoms with Crippen LogP contribution in [-0.4, -0.2) is 4.57 Å². The number of hydrogen-bond donors (Lipinski definition) is 0. The molecule has 1 spiro atoms. The van der Waals surface area contributed by atoms with Gasteiger partial charge >= 0.3 is 7.44 Å². The van der Waals surface area contributed by atoms with Crippen LogP contribution in [0.15, 0.2) is 218 Å². The maximum atomic E-state index is 16.4. The second kappa shape index (κ2) is 12.3. The first-order valence-corrected chi connectivity index (χ1v) is 22.2. The van der Waals surface area contributed by atoms with Gasteiger partial charge in [-0.3, -0.25) is 13.9 Å². The van der Waals surface area contributed by atoms with Crippen molar-refractivity contribution in [2.24, 2.45) is 0 Å². The molecule has 13 rings (SSSR count). The Morgan fingerprint density at radius 2 is 0.900 bits per heavy atom. The van der Waals surface area contributed by atoms with Crippen LogP contribution in [-0.2, 0) is 9.98 Å². The van der Waals surface area contributed by atoms with E-state index in [1.54, 1.807) is 0 Å². The normalized spacial score (nSPS) is 16.5. The van der Waals surface area contributed by atoms with E-state index in [0.29, 0.717) is 0 Å². The average Bonchev–Trinajstić information content (AvgIpc) is 4.00. The summed E-state index contributed by atoms with van der Waals surface area (Å²) in [6.07, 6.45) is 0. The second-order valence-electron chi connectivity index (χ2n) is 16.0. The molecule has 1 unspecified atom stereocenters. The van der Waals surface area contributed by atoms with Gasteiger partial charge in [0, 0.05) is 33.4 Å². The third-order valence-corrected chi connectivity index (χ3v) is 16.1.